The highest BCUT2D eigenvalue weighted by Crippen LogP contribution is 2.30. The van der Waals surface area contributed by atoms with E-state index in [1.54, 1.807) is 36.2 Å². The van der Waals surface area contributed by atoms with Crippen molar-refractivity contribution in [2.75, 3.05) is 4.90 Å². The van der Waals surface area contributed by atoms with Gasteiger partial charge in [0.05, 0.1) is 17.6 Å². The highest BCUT2D eigenvalue weighted by Gasteiger charge is 2.25. The molecule has 0 saturated carbocycles. The lowest BCUT2D eigenvalue weighted by molar-refractivity contribution is 0.0980. The minimum Gasteiger partial charge on any atom is -0.278 e. The number of anilines is 1. The van der Waals surface area contributed by atoms with E-state index in [1.807, 2.05) is 60.0 Å². The molecule has 5 aromatic rings. The summed E-state index contributed by atoms with van der Waals surface area (Å²) in [5.41, 5.74) is 2.69. The molecule has 0 N–H and O–H groups in total. The number of rotatable bonds is 5. The van der Waals surface area contributed by atoms with Crippen molar-refractivity contribution in [3.63, 3.8) is 0 Å². The van der Waals surface area contributed by atoms with E-state index in [0.717, 1.165) is 21.3 Å². The Morgan fingerprint density at radius 2 is 1.65 bits per heavy atom. The molecule has 168 valence electrons. The molecule has 6 nitrogen and oxygen atoms in total. The maximum absolute atomic E-state index is 13.9. The van der Waals surface area contributed by atoms with Gasteiger partial charge in [-0.3, -0.25) is 14.5 Å². The van der Waals surface area contributed by atoms with Gasteiger partial charge in [-0.15, -0.1) is 11.3 Å². The number of thiazole rings is 1. The van der Waals surface area contributed by atoms with Crippen LogP contribution in [0, 0.1) is 0 Å². The maximum Gasteiger partial charge on any atom is 0.281 e. The second-order valence-corrected chi connectivity index (χ2v) is 9.47. The fourth-order valence-corrected chi connectivity index (χ4v) is 4.82. The van der Waals surface area contributed by atoms with Crippen LogP contribution < -0.4 is 10.5 Å². The fourth-order valence-electron chi connectivity index (χ4n) is 3.72. The van der Waals surface area contributed by atoms with Crippen molar-refractivity contribution >= 4 is 49.1 Å². The monoisotopic (exact) mass is 530 g/mol. The summed E-state index contributed by atoms with van der Waals surface area (Å²) < 4.78 is 2.20. The maximum atomic E-state index is 13.9. The number of halogens is 1. The zero-order valence-corrected chi connectivity index (χ0v) is 20.6. The SMILES string of the molecule is Cn1nc(C(=O)N(Cc2ccccc2)c2nc(-c3ccc(Br)cc3)cs2)c2ccccc2c1=O. The molecule has 2 aromatic heterocycles. The number of aromatic nitrogens is 3. The smallest absolute Gasteiger partial charge is 0.278 e. The van der Waals surface area contributed by atoms with Gasteiger partial charge in [-0.1, -0.05) is 76.6 Å². The van der Waals surface area contributed by atoms with Gasteiger partial charge in [-0.05, 0) is 23.8 Å². The zero-order valence-electron chi connectivity index (χ0n) is 18.2. The summed E-state index contributed by atoms with van der Waals surface area (Å²) in [5, 5.41) is 7.83. The average Bonchev–Trinajstić information content (AvgIpc) is 3.35. The molecule has 8 heteroatoms. The molecular formula is C26H19BrN4O2S. The summed E-state index contributed by atoms with van der Waals surface area (Å²) in [6.45, 7) is 0.325. The van der Waals surface area contributed by atoms with Crippen molar-refractivity contribution in [2.24, 2.45) is 7.05 Å². The lowest BCUT2D eigenvalue weighted by Crippen LogP contribution is -2.33. The van der Waals surface area contributed by atoms with Crippen LogP contribution in [0.4, 0.5) is 5.13 Å². The fraction of sp³-hybridized carbons (Fsp3) is 0.0769. The zero-order chi connectivity index (χ0) is 23.7. The van der Waals surface area contributed by atoms with E-state index in [2.05, 4.69) is 21.0 Å². The second kappa shape index (κ2) is 9.32. The Balaban J connectivity index is 1.61. The van der Waals surface area contributed by atoms with Gasteiger partial charge >= 0.3 is 0 Å². The molecule has 0 aliphatic rings. The molecule has 0 atom stereocenters. The first-order chi connectivity index (χ1) is 16.5. The van der Waals surface area contributed by atoms with Gasteiger partial charge in [-0.25, -0.2) is 9.67 Å². The summed E-state index contributed by atoms with van der Waals surface area (Å²) in [7, 11) is 1.56. The Bertz CT molecular complexity index is 1550. The van der Waals surface area contributed by atoms with Gasteiger partial charge in [-0.2, -0.15) is 5.10 Å². The predicted molar refractivity (Wildman–Crippen MR) is 139 cm³/mol. The molecule has 34 heavy (non-hydrogen) atoms. The van der Waals surface area contributed by atoms with E-state index < -0.39 is 0 Å². The minimum atomic E-state index is -0.313. The third kappa shape index (κ3) is 4.30. The molecule has 0 spiro atoms. The number of hydrogen-bond acceptors (Lipinski definition) is 5. The molecule has 0 aliphatic carbocycles. The Hall–Kier alpha value is -3.62. The number of hydrogen-bond donors (Lipinski definition) is 0. The number of aryl methyl sites for hydroxylation is 1. The number of benzene rings is 3. The standard InChI is InChI=1S/C26H19BrN4O2S/c1-30-24(32)21-10-6-5-9-20(21)23(29-30)25(33)31(15-17-7-3-2-4-8-17)26-28-22(16-34-26)18-11-13-19(27)14-12-18/h2-14,16H,15H2,1H3. The summed E-state index contributed by atoms with van der Waals surface area (Å²) in [4.78, 5) is 32.9. The van der Waals surface area contributed by atoms with Crippen LogP contribution in [0.5, 0.6) is 0 Å². The third-order valence-electron chi connectivity index (χ3n) is 5.45. The lowest BCUT2D eigenvalue weighted by Gasteiger charge is -2.20. The third-order valence-corrected chi connectivity index (χ3v) is 6.84. The van der Waals surface area contributed by atoms with Crippen molar-refractivity contribution in [1.82, 2.24) is 14.8 Å². The average molecular weight is 531 g/mol. The van der Waals surface area contributed by atoms with Crippen LogP contribution in [-0.4, -0.2) is 20.7 Å². The highest BCUT2D eigenvalue weighted by molar-refractivity contribution is 9.10. The second-order valence-electron chi connectivity index (χ2n) is 7.72. The molecular weight excluding hydrogens is 512 g/mol. The van der Waals surface area contributed by atoms with E-state index in [4.69, 9.17) is 4.98 Å². The Kier molecular flexibility index (Phi) is 6.08. The normalized spacial score (nSPS) is 11.0. The van der Waals surface area contributed by atoms with Gasteiger partial charge in [0.15, 0.2) is 10.8 Å². The van der Waals surface area contributed by atoms with Crippen LogP contribution in [0.1, 0.15) is 16.1 Å². The molecule has 0 bridgehead atoms. The number of carbonyl (C=O) groups excluding carboxylic acids is 1. The summed E-state index contributed by atoms with van der Waals surface area (Å²) in [6, 6.07) is 24.7. The van der Waals surface area contributed by atoms with Crippen LogP contribution in [0.15, 0.2) is 93.5 Å². The summed E-state index contributed by atoms with van der Waals surface area (Å²) >= 11 is 4.85. The number of amides is 1. The topological polar surface area (TPSA) is 68.1 Å². The first-order valence-electron chi connectivity index (χ1n) is 10.5. The van der Waals surface area contributed by atoms with Crippen LogP contribution in [0.25, 0.3) is 22.0 Å². The van der Waals surface area contributed by atoms with Crippen LogP contribution in [-0.2, 0) is 13.6 Å². The molecule has 0 radical (unpaired) electrons. The van der Waals surface area contributed by atoms with Gasteiger partial charge in [0.25, 0.3) is 11.5 Å². The molecule has 2 heterocycles. The molecule has 1 amide bonds. The van der Waals surface area contributed by atoms with Gasteiger partial charge < -0.3 is 0 Å². The number of fused-ring (bicyclic) bond motifs is 1. The molecule has 3 aromatic carbocycles. The first-order valence-corrected chi connectivity index (χ1v) is 12.2. The van der Waals surface area contributed by atoms with E-state index in [1.165, 1.54) is 16.0 Å². The van der Waals surface area contributed by atoms with Crippen molar-refractivity contribution < 1.29 is 4.79 Å². The summed E-state index contributed by atoms with van der Waals surface area (Å²) in [6.07, 6.45) is 0. The van der Waals surface area contributed by atoms with Crippen molar-refractivity contribution in [3.05, 3.63) is 110 Å². The van der Waals surface area contributed by atoms with Crippen LogP contribution in [0.2, 0.25) is 0 Å². The van der Waals surface area contributed by atoms with Gasteiger partial charge in [0.2, 0.25) is 0 Å². The number of nitrogens with zero attached hydrogens (tertiary/aromatic N) is 4. The van der Waals surface area contributed by atoms with Gasteiger partial charge in [0, 0.05) is 27.9 Å². The first kappa shape index (κ1) is 22.2. The largest absolute Gasteiger partial charge is 0.281 e. The van der Waals surface area contributed by atoms with E-state index in [9.17, 15) is 9.59 Å². The highest BCUT2D eigenvalue weighted by atomic mass is 79.9. The van der Waals surface area contributed by atoms with Crippen LogP contribution in [0.3, 0.4) is 0 Å². The molecule has 0 unspecified atom stereocenters. The molecule has 0 aliphatic heterocycles. The van der Waals surface area contributed by atoms with E-state index in [0.29, 0.717) is 22.4 Å². The molecule has 0 saturated heterocycles. The van der Waals surface area contributed by atoms with Crippen molar-refractivity contribution in [2.45, 2.75) is 6.54 Å². The minimum absolute atomic E-state index is 0.217. The number of carbonyl (C=O) groups is 1. The molecule has 5 rings (SSSR count). The Morgan fingerprint density at radius 1 is 0.971 bits per heavy atom. The summed E-state index contributed by atoms with van der Waals surface area (Å²) in [5.74, 6) is -0.313. The van der Waals surface area contributed by atoms with Crippen LogP contribution >= 0.6 is 27.3 Å². The van der Waals surface area contributed by atoms with Crippen molar-refractivity contribution in [3.8, 4) is 11.3 Å². The quantitative estimate of drug-likeness (QED) is 0.293. The lowest BCUT2D eigenvalue weighted by atomic mass is 10.1. The van der Waals surface area contributed by atoms with E-state index in [-0.39, 0.29) is 17.2 Å². The van der Waals surface area contributed by atoms with Crippen molar-refractivity contribution in [1.29, 1.82) is 0 Å². The van der Waals surface area contributed by atoms with E-state index >= 15 is 0 Å². The van der Waals surface area contributed by atoms with Gasteiger partial charge in [0.1, 0.15) is 0 Å². The Labute approximate surface area is 208 Å². The molecule has 0 fully saturated rings. The predicted octanol–water partition coefficient (Wildman–Crippen LogP) is 5.67. The Morgan fingerprint density at radius 3 is 2.38 bits per heavy atom.